The highest BCUT2D eigenvalue weighted by atomic mass is 32.1. The Bertz CT molecular complexity index is 575. The van der Waals surface area contributed by atoms with Crippen LogP contribution in [0.2, 0.25) is 0 Å². The minimum Gasteiger partial charge on any atom is -0.313 e. The van der Waals surface area contributed by atoms with Gasteiger partial charge in [-0.25, -0.2) is 0 Å². The Balaban J connectivity index is 1.70. The Hall–Kier alpha value is -0.900. The van der Waals surface area contributed by atoms with Crippen LogP contribution in [0.15, 0.2) is 29.6 Å². The van der Waals surface area contributed by atoms with Gasteiger partial charge in [0.1, 0.15) is 0 Å². The molecule has 1 atom stereocenters. The van der Waals surface area contributed by atoms with E-state index in [1.165, 1.54) is 41.6 Å². The van der Waals surface area contributed by atoms with Crippen LogP contribution in [-0.4, -0.2) is 30.6 Å². The molecule has 2 aromatic rings. The van der Waals surface area contributed by atoms with Gasteiger partial charge in [-0.2, -0.15) is 0 Å². The van der Waals surface area contributed by atoms with Crippen LogP contribution in [0.25, 0.3) is 10.1 Å². The SMILES string of the molecule is CC(C)CC1CN(Cc2csc3ccccc23)CCCN1. The predicted molar refractivity (Wildman–Crippen MR) is 93.0 cm³/mol. The van der Waals surface area contributed by atoms with Crippen molar-refractivity contribution >= 4 is 21.4 Å². The van der Waals surface area contributed by atoms with E-state index in [1.54, 1.807) is 0 Å². The van der Waals surface area contributed by atoms with E-state index in [0.29, 0.717) is 6.04 Å². The van der Waals surface area contributed by atoms with Gasteiger partial charge in [-0.3, -0.25) is 4.90 Å². The minimum absolute atomic E-state index is 0.650. The maximum atomic E-state index is 3.72. The summed E-state index contributed by atoms with van der Waals surface area (Å²) in [5, 5.41) is 7.51. The number of nitrogens with zero attached hydrogens (tertiary/aromatic N) is 1. The zero-order valence-corrected chi connectivity index (χ0v) is 14.0. The van der Waals surface area contributed by atoms with Crippen LogP contribution < -0.4 is 5.32 Å². The fourth-order valence-electron chi connectivity index (χ4n) is 3.34. The van der Waals surface area contributed by atoms with Crippen molar-refractivity contribution in [3.8, 4) is 0 Å². The number of rotatable bonds is 4. The number of thiophene rings is 1. The van der Waals surface area contributed by atoms with Gasteiger partial charge in [-0.05, 0) is 54.2 Å². The van der Waals surface area contributed by atoms with Gasteiger partial charge in [0.05, 0.1) is 0 Å². The Labute approximate surface area is 132 Å². The third kappa shape index (κ3) is 3.85. The van der Waals surface area contributed by atoms with Crippen LogP contribution in [0.5, 0.6) is 0 Å². The molecule has 0 amide bonds. The molecular formula is C18H26N2S. The molecule has 1 unspecified atom stereocenters. The highest BCUT2D eigenvalue weighted by molar-refractivity contribution is 7.17. The summed E-state index contributed by atoms with van der Waals surface area (Å²) in [5.74, 6) is 0.768. The van der Waals surface area contributed by atoms with Gasteiger partial charge in [0, 0.05) is 23.8 Å². The molecule has 0 bridgehead atoms. The number of fused-ring (bicyclic) bond motifs is 1. The zero-order valence-electron chi connectivity index (χ0n) is 13.1. The van der Waals surface area contributed by atoms with Crippen molar-refractivity contribution in [3.63, 3.8) is 0 Å². The molecular weight excluding hydrogens is 276 g/mol. The van der Waals surface area contributed by atoms with E-state index in [4.69, 9.17) is 0 Å². The van der Waals surface area contributed by atoms with Crippen LogP contribution >= 0.6 is 11.3 Å². The van der Waals surface area contributed by atoms with E-state index < -0.39 is 0 Å². The van der Waals surface area contributed by atoms with Crippen molar-refractivity contribution in [2.75, 3.05) is 19.6 Å². The highest BCUT2D eigenvalue weighted by Gasteiger charge is 2.19. The minimum atomic E-state index is 0.650. The summed E-state index contributed by atoms with van der Waals surface area (Å²) in [6, 6.07) is 9.44. The average Bonchev–Trinajstić information content (AvgIpc) is 2.72. The van der Waals surface area contributed by atoms with Gasteiger partial charge in [-0.1, -0.05) is 32.0 Å². The summed E-state index contributed by atoms with van der Waals surface area (Å²) < 4.78 is 1.42. The molecule has 0 saturated carbocycles. The fourth-order valence-corrected chi connectivity index (χ4v) is 4.30. The monoisotopic (exact) mass is 302 g/mol. The van der Waals surface area contributed by atoms with Crippen molar-refractivity contribution in [1.82, 2.24) is 10.2 Å². The Morgan fingerprint density at radius 2 is 2.19 bits per heavy atom. The summed E-state index contributed by atoms with van der Waals surface area (Å²) >= 11 is 1.88. The van der Waals surface area contributed by atoms with Gasteiger partial charge < -0.3 is 5.32 Å². The van der Waals surface area contributed by atoms with Crippen molar-refractivity contribution in [2.45, 2.75) is 39.3 Å². The lowest BCUT2D eigenvalue weighted by molar-refractivity contribution is 0.248. The maximum absolute atomic E-state index is 3.72. The standard InChI is InChI=1S/C18H26N2S/c1-14(2)10-16-12-20(9-5-8-19-16)11-15-13-21-18-7-4-3-6-17(15)18/h3-4,6-7,13-14,16,19H,5,8-12H2,1-2H3. The fraction of sp³-hybridized carbons (Fsp3) is 0.556. The molecule has 0 radical (unpaired) electrons. The van der Waals surface area contributed by atoms with Crippen LogP contribution in [-0.2, 0) is 6.54 Å². The summed E-state index contributed by atoms with van der Waals surface area (Å²) in [7, 11) is 0. The van der Waals surface area contributed by atoms with Crippen molar-refractivity contribution in [1.29, 1.82) is 0 Å². The van der Waals surface area contributed by atoms with Gasteiger partial charge >= 0.3 is 0 Å². The van der Waals surface area contributed by atoms with Crippen LogP contribution in [0.4, 0.5) is 0 Å². The van der Waals surface area contributed by atoms with Gasteiger partial charge in [0.15, 0.2) is 0 Å². The lowest BCUT2D eigenvalue weighted by Gasteiger charge is -2.25. The smallest absolute Gasteiger partial charge is 0.0346 e. The summed E-state index contributed by atoms with van der Waals surface area (Å²) in [6.45, 7) is 9.30. The largest absolute Gasteiger partial charge is 0.313 e. The molecule has 2 nitrogen and oxygen atoms in total. The second-order valence-corrected chi connectivity index (χ2v) is 7.54. The lowest BCUT2D eigenvalue weighted by Crippen LogP contribution is -2.38. The molecule has 21 heavy (non-hydrogen) atoms. The molecule has 3 rings (SSSR count). The molecule has 1 aliphatic heterocycles. The summed E-state index contributed by atoms with van der Waals surface area (Å²) in [6.07, 6.45) is 2.54. The van der Waals surface area contributed by atoms with Gasteiger partial charge in [-0.15, -0.1) is 11.3 Å². The van der Waals surface area contributed by atoms with E-state index in [-0.39, 0.29) is 0 Å². The van der Waals surface area contributed by atoms with E-state index in [9.17, 15) is 0 Å². The van der Waals surface area contributed by atoms with Crippen molar-refractivity contribution < 1.29 is 0 Å². The van der Waals surface area contributed by atoms with E-state index in [2.05, 4.69) is 53.7 Å². The molecule has 3 heteroatoms. The Morgan fingerprint density at radius 3 is 3.05 bits per heavy atom. The molecule has 0 aliphatic carbocycles. The predicted octanol–water partition coefficient (Wildman–Crippen LogP) is 4.11. The second kappa shape index (κ2) is 6.91. The Morgan fingerprint density at radius 1 is 1.33 bits per heavy atom. The van der Waals surface area contributed by atoms with Crippen molar-refractivity contribution in [2.24, 2.45) is 5.92 Å². The van der Waals surface area contributed by atoms with Gasteiger partial charge in [0.25, 0.3) is 0 Å². The Kier molecular flexibility index (Phi) is 4.94. The van der Waals surface area contributed by atoms with E-state index >= 15 is 0 Å². The molecule has 1 fully saturated rings. The second-order valence-electron chi connectivity index (χ2n) is 6.63. The zero-order chi connectivity index (χ0) is 14.7. The number of nitrogens with one attached hydrogen (secondary N) is 1. The summed E-state index contributed by atoms with van der Waals surface area (Å²) in [4.78, 5) is 2.64. The third-order valence-electron chi connectivity index (χ3n) is 4.27. The first-order valence-corrected chi connectivity index (χ1v) is 9.01. The van der Waals surface area contributed by atoms with E-state index in [0.717, 1.165) is 19.0 Å². The molecule has 1 N–H and O–H groups in total. The van der Waals surface area contributed by atoms with Crippen LogP contribution in [0, 0.1) is 5.92 Å². The number of hydrogen-bond acceptors (Lipinski definition) is 3. The molecule has 0 spiro atoms. The summed E-state index contributed by atoms with van der Waals surface area (Å²) in [5.41, 5.74) is 1.50. The lowest BCUT2D eigenvalue weighted by atomic mass is 10.0. The molecule has 114 valence electrons. The molecule has 2 heterocycles. The highest BCUT2D eigenvalue weighted by Crippen LogP contribution is 2.27. The van der Waals surface area contributed by atoms with Crippen LogP contribution in [0.1, 0.15) is 32.3 Å². The number of hydrogen-bond donors (Lipinski definition) is 1. The maximum Gasteiger partial charge on any atom is 0.0346 e. The normalized spacial score (nSPS) is 21.0. The first kappa shape index (κ1) is 15.0. The first-order valence-electron chi connectivity index (χ1n) is 8.13. The molecule has 1 saturated heterocycles. The van der Waals surface area contributed by atoms with Gasteiger partial charge in [0.2, 0.25) is 0 Å². The number of benzene rings is 1. The molecule has 1 aromatic carbocycles. The van der Waals surface area contributed by atoms with Crippen LogP contribution in [0.3, 0.4) is 0 Å². The van der Waals surface area contributed by atoms with Crippen molar-refractivity contribution in [3.05, 3.63) is 35.2 Å². The first-order chi connectivity index (χ1) is 10.2. The topological polar surface area (TPSA) is 15.3 Å². The van der Waals surface area contributed by atoms with E-state index in [1.807, 2.05) is 11.3 Å². The molecule has 1 aromatic heterocycles. The molecule has 1 aliphatic rings. The average molecular weight is 302 g/mol. The quantitative estimate of drug-likeness (QED) is 0.914. The third-order valence-corrected chi connectivity index (χ3v) is 5.29.